The smallest absolute Gasteiger partial charge is 0.178 e. The highest BCUT2D eigenvalue weighted by atomic mass is 16.5. The molecule has 0 radical (unpaired) electrons. The lowest BCUT2D eigenvalue weighted by Gasteiger charge is -2.29. The van der Waals surface area contributed by atoms with Gasteiger partial charge in [0.15, 0.2) is 6.29 Å². The summed E-state index contributed by atoms with van der Waals surface area (Å²) < 4.78 is 0. The molecule has 1 saturated heterocycles. The molecule has 0 unspecified atom stereocenters. The van der Waals surface area contributed by atoms with Crippen molar-refractivity contribution in [3.05, 3.63) is 29.8 Å². The first-order valence-electron chi connectivity index (χ1n) is 5.19. The first kappa shape index (κ1) is 10.4. The van der Waals surface area contributed by atoms with Crippen molar-refractivity contribution in [2.75, 3.05) is 31.1 Å². The van der Waals surface area contributed by atoms with E-state index in [0.29, 0.717) is 5.56 Å². The fraction of sp³-hybridized carbons (Fsp3) is 0.455. The molecule has 0 spiro atoms. The maximum Gasteiger partial charge on any atom is 0.178 e. The quantitative estimate of drug-likeness (QED) is 0.602. The number of piperazine rings is 1. The molecule has 0 bridgehead atoms. The van der Waals surface area contributed by atoms with Crippen LogP contribution >= 0.6 is 0 Å². The van der Waals surface area contributed by atoms with Crippen LogP contribution in [0.1, 0.15) is 11.9 Å². The monoisotopic (exact) mass is 208 g/mol. The fourth-order valence-corrected chi connectivity index (χ4v) is 1.81. The van der Waals surface area contributed by atoms with Gasteiger partial charge in [-0.15, -0.1) is 0 Å². The van der Waals surface area contributed by atoms with E-state index in [1.54, 1.807) is 6.07 Å². The van der Waals surface area contributed by atoms with Crippen molar-refractivity contribution in [3.8, 4) is 0 Å². The summed E-state index contributed by atoms with van der Waals surface area (Å²) in [7, 11) is 0. The molecule has 1 aliphatic rings. The van der Waals surface area contributed by atoms with E-state index in [9.17, 15) is 0 Å². The molecule has 1 aromatic rings. The Balaban J connectivity index is 2.16. The van der Waals surface area contributed by atoms with E-state index >= 15 is 0 Å². The average molecular weight is 208 g/mol. The van der Waals surface area contributed by atoms with Crippen LogP contribution in [0.3, 0.4) is 0 Å². The second-order valence-electron chi connectivity index (χ2n) is 3.71. The molecule has 1 heterocycles. The van der Waals surface area contributed by atoms with E-state index in [0.717, 1.165) is 31.9 Å². The number of benzene rings is 1. The lowest BCUT2D eigenvalue weighted by molar-refractivity contribution is -0.0424. The van der Waals surface area contributed by atoms with E-state index in [2.05, 4.69) is 10.2 Å². The zero-order valence-electron chi connectivity index (χ0n) is 8.56. The zero-order valence-corrected chi connectivity index (χ0v) is 8.56. The molecule has 0 aliphatic carbocycles. The Kier molecular flexibility index (Phi) is 3.20. The maximum absolute atomic E-state index is 9.07. The van der Waals surface area contributed by atoms with Gasteiger partial charge in [0.05, 0.1) is 0 Å². The summed E-state index contributed by atoms with van der Waals surface area (Å²) >= 11 is 0. The number of aliphatic hydroxyl groups excluding tert-OH is 1. The van der Waals surface area contributed by atoms with Crippen LogP contribution in [-0.4, -0.2) is 36.4 Å². The first-order valence-corrected chi connectivity index (χ1v) is 5.19. The van der Waals surface area contributed by atoms with Gasteiger partial charge < -0.3 is 20.4 Å². The summed E-state index contributed by atoms with van der Waals surface area (Å²) in [4.78, 5) is 2.24. The van der Waals surface area contributed by atoms with Gasteiger partial charge in [-0.05, 0) is 12.1 Å². The van der Waals surface area contributed by atoms with Crippen molar-refractivity contribution in [2.45, 2.75) is 6.29 Å². The summed E-state index contributed by atoms with van der Waals surface area (Å²) in [5.74, 6) is 0. The predicted octanol–water partition coefficient (Wildman–Crippen LogP) is 0.0794. The SMILES string of the molecule is OC(O)c1cccc(N2CCNCC2)c1. The maximum atomic E-state index is 9.07. The molecule has 82 valence electrons. The van der Waals surface area contributed by atoms with Crippen molar-refractivity contribution in [2.24, 2.45) is 0 Å². The summed E-state index contributed by atoms with van der Waals surface area (Å²) in [5, 5.41) is 21.4. The zero-order chi connectivity index (χ0) is 10.7. The number of aliphatic hydroxyl groups is 2. The largest absolute Gasteiger partial charge is 0.369 e. The molecular formula is C11H16N2O2. The van der Waals surface area contributed by atoms with Gasteiger partial charge in [0.25, 0.3) is 0 Å². The molecule has 1 aromatic carbocycles. The minimum absolute atomic E-state index is 0.547. The minimum atomic E-state index is -1.38. The van der Waals surface area contributed by atoms with Crippen LogP contribution in [0.5, 0.6) is 0 Å². The second-order valence-corrected chi connectivity index (χ2v) is 3.71. The average Bonchev–Trinajstić information content (AvgIpc) is 2.30. The highest BCUT2D eigenvalue weighted by Gasteiger charge is 2.11. The van der Waals surface area contributed by atoms with Crippen molar-refractivity contribution in [3.63, 3.8) is 0 Å². The van der Waals surface area contributed by atoms with Crippen LogP contribution in [0.2, 0.25) is 0 Å². The Morgan fingerprint density at radius 1 is 1.20 bits per heavy atom. The Bertz CT molecular complexity index is 322. The van der Waals surface area contributed by atoms with Gasteiger partial charge >= 0.3 is 0 Å². The third-order valence-corrected chi connectivity index (χ3v) is 2.65. The van der Waals surface area contributed by atoms with Gasteiger partial charge in [0.2, 0.25) is 0 Å². The highest BCUT2D eigenvalue weighted by Crippen LogP contribution is 2.19. The normalized spacial score (nSPS) is 17.1. The van der Waals surface area contributed by atoms with E-state index in [4.69, 9.17) is 10.2 Å². The predicted molar refractivity (Wildman–Crippen MR) is 58.7 cm³/mol. The van der Waals surface area contributed by atoms with Gasteiger partial charge in [-0.1, -0.05) is 12.1 Å². The summed E-state index contributed by atoms with van der Waals surface area (Å²) in [6.45, 7) is 3.88. The lowest BCUT2D eigenvalue weighted by atomic mass is 10.1. The van der Waals surface area contributed by atoms with E-state index < -0.39 is 6.29 Å². The second kappa shape index (κ2) is 4.61. The number of hydrogen-bond acceptors (Lipinski definition) is 4. The molecule has 3 N–H and O–H groups in total. The van der Waals surface area contributed by atoms with E-state index in [1.165, 1.54) is 0 Å². The minimum Gasteiger partial charge on any atom is -0.369 e. The Morgan fingerprint density at radius 3 is 2.60 bits per heavy atom. The first-order chi connectivity index (χ1) is 7.27. The Labute approximate surface area is 89.1 Å². The number of nitrogens with zero attached hydrogens (tertiary/aromatic N) is 1. The molecule has 0 amide bonds. The van der Waals surface area contributed by atoms with Gasteiger partial charge in [0, 0.05) is 37.4 Å². The summed E-state index contributed by atoms with van der Waals surface area (Å²) in [6, 6.07) is 7.40. The van der Waals surface area contributed by atoms with Gasteiger partial charge in [-0.25, -0.2) is 0 Å². The van der Waals surface area contributed by atoms with Crippen LogP contribution in [0.15, 0.2) is 24.3 Å². The number of anilines is 1. The van der Waals surface area contributed by atoms with Crippen molar-refractivity contribution in [1.82, 2.24) is 5.32 Å². The van der Waals surface area contributed by atoms with Crippen LogP contribution in [0.4, 0.5) is 5.69 Å². The standard InChI is InChI=1S/C11H16N2O2/c14-11(15)9-2-1-3-10(8-9)13-6-4-12-5-7-13/h1-3,8,11-12,14-15H,4-7H2. The Morgan fingerprint density at radius 2 is 1.93 bits per heavy atom. The van der Waals surface area contributed by atoms with Gasteiger partial charge in [-0.3, -0.25) is 0 Å². The third kappa shape index (κ3) is 2.47. The fourth-order valence-electron chi connectivity index (χ4n) is 1.81. The summed E-state index contributed by atoms with van der Waals surface area (Å²) in [6.07, 6.45) is -1.38. The van der Waals surface area contributed by atoms with Gasteiger partial charge in [0.1, 0.15) is 0 Å². The van der Waals surface area contributed by atoms with Crippen LogP contribution in [0, 0.1) is 0 Å². The molecule has 2 rings (SSSR count). The Hall–Kier alpha value is -1.10. The number of hydrogen-bond donors (Lipinski definition) is 3. The molecule has 0 aromatic heterocycles. The highest BCUT2D eigenvalue weighted by molar-refractivity contribution is 5.49. The third-order valence-electron chi connectivity index (χ3n) is 2.65. The van der Waals surface area contributed by atoms with Crippen molar-refractivity contribution in [1.29, 1.82) is 0 Å². The number of nitrogens with one attached hydrogen (secondary N) is 1. The van der Waals surface area contributed by atoms with Crippen LogP contribution < -0.4 is 10.2 Å². The van der Waals surface area contributed by atoms with Crippen molar-refractivity contribution < 1.29 is 10.2 Å². The molecule has 0 saturated carbocycles. The molecular weight excluding hydrogens is 192 g/mol. The lowest BCUT2D eigenvalue weighted by Crippen LogP contribution is -2.43. The molecule has 1 fully saturated rings. The molecule has 4 heteroatoms. The van der Waals surface area contributed by atoms with Crippen LogP contribution in [-0.2, 0) is 0 Å². The number of rotatable bonds is 2. The summed E-state index contributed by atoms with van der Waals surface area (Å²) in [5.41, 5.74) is 1.60. The topological polar surface area (TPSA) is 55.7 Å². The van der Waals surface area contributed by atoms with Crippen LogP contribution in [0.25, 0.3) is 0 Å². The van der Waals surface area contributed by atoms with E-state index in [1.807, 2.05) is 18.2 Å². The molecule has 0 atom stereocenters. The van der Waals surface area contributed by atoms with E-state index in [-0.39, 0.29) is 0 Å². The molecule has 1 aliphatic heterocycles. The van der Waals surface area contributed by atoms with Crippen molar-refractivity contribution >= 4 is 5.69 Å². The van der Waals surface area contributed by atoms with Gasteiger partial charge in [-0.2, -0.15) is 0 Å². The molecule has 4 nitrogen and oxygen atoms in total. The molecule has 15 heavy (non-hydrogen) atoms.